The number of allylic oxidation sites excluding steroid dienone is 2. The third kappa shape index (κ3) is 0.817. The fourth-order valence-corrected chi connectivity index (χ4v) is 2.31. The Hall–Kier alpha value is 0.174. The van der Waals surface area contributed by atoms with Crippen molar-refractivity contribution < 1.29 is 0 Å². The van der Waals surface area contributed by atoms with Crippen LogP contribution in [-0.4, -0.2) is 18.1 Å². The lowest BCUT2D eigenvalue weighted by Gasteiger charge is -1.88. The molecule has 0 aromatic carbocycles. The Kier molecular flexibility index (Phi) is 1.27. The van der Waals surface area contributed by atoms with Gasteiger partial charge in [0.25, 0.3) is 0 Å². The third-order valence-electron chi connectivity index (χ3n) is 0.895. The molecule has 4 radical (unpaired) electrons. The molecule has 0 bridgehead atoms. The number of hydrogen-bond donors (Lipinski definition) is 0. The van der Waals surface area contributed by atoms with Gasteiger partial charge in [0.2, 0.25) is 0 Å². The van der Waals surface area contributed by atoms with Crippen LogP contribution in [0.1, 0.15) is 0 Å². The lowest BCUT2D eigenvalue weighted by Crippen LogP contribution is -2.03. The summed E-state index contributed by atoms with van der Waals surface area (Å²) in [5.41, 5.74) is 0. The minimum absolute atomic E-state index is 0.0628. The number of rotatable bonds is 0. The average Bonchev–Trinajstić information content (AvgIpc) is 1.86. The van der Waals surface area contributed by atoms with Crippen molar-refractivity contribution in [2.45, 2.75) is 12.1 Å². The first-order valence-electron chi connectivity index (χ1n) is 2.11. The van der Waals surface area contributed by atoms with Gasteiger partial charge in [0.15, 0.2) is 0 Å². The zero-order valence-corrected chi connectivity index (χ0v) is 5.57. The van der Waals surface area contributed by atoms with E-state index in [1.807, 2.05) is 0 Å². The maximum atomic E-state index is 3.62. The summed E-state index contributed by atoms with van der Waals surface area (Å²) in [6.07, 6.45) is 4.50. The van der Waals surface area contributed by atoms with E-state index in [9.17, 15) is 0 Å². The van der Waals surface area contributed by atoms with Gasteiger partial charge in [0, 0.05) is 18.1 Å². The van der Waals surface area contributed by atoms with Gasteiger partial charge in [0.1, 0.15) is 0 Å². The summed E-state index contributed by atoms with van der Waals surface area (Å²) in [4.78, 5) is 0. The molecule has 0 fully saturated rings. The predicted molar refractivity (Wildman–Crippen MR) is 30.3 cm³/mol. The topological polar surface area (TPSA) is 0 Å². The molecule has 0 unspecified atom stereocenters. The summed E-state index contributed by atoms with van der Waals surface area (Å²) in [7, 11) is 3.56. The van der Waals surface area contributed by atoms with E-state index >= 15 is 0 Å². The smallest absolute Gasteiger partial charge is 0.0384 e. The quantitative estimate of drug-likeness (QED) is 0.318. The first-order chi connectivity index (χ1) is 2.89. The third-order valence-corrected chi connectivity index (χ3v) is 3.58. The molecule has 2 heteroatoms. The van der Waals surface area contributed by atoms with Gasteiger partial charge < -0.3 is 0 Å². The molecule has 1 rings (SSSR count). The monoisotopic (exact) mass is 110 g/mol. The zero-order valence-electron chi connectivity index (χ0n) is 3.57. The van der Waals surface area contributed by atoms with Crippen molar-refractivity contribution in [2.75, 3.05) is 0 Å². The summed E-state index contributed by atoms with van der Waals surface area (Å²) >= 11 is 0. The van der Waals surface area contributed by atoms with Crippen LogP contribution in [0.2, 0.25) is 12.1 Å². The van der Waals surface area contributed by atoms with Gasteiger partial charge in [-0.3, -0.25) is 0 Å². The standard InChI is InChI=1S/C4H6Si2/c5-6-3-1-2-4-6/h1-2H,3-4H2. The molecule has 1 aliphatic rings. The lowest BCUT2D eigenvalue weighted by molar-refractivity contribution is 1.75. The molecule has 1 heterocycles. The molecule has 30 valence electrons. The molecule has 0 saturated heterocycles. The molecule has 6 heavy (non-hydrogen) atoms. The largest absolute Gasteiger partial charge is 0.0919 e. The van der Waals surface area contributed by atoms with Crippen LogP contribution in [0.4, 0.5) is 0 Å². The Labute approximate surface area is 43.1 Å². The van der Waals surface area contributed by atoms with E-state index in [1.54, 1.807) is 0 Å². The summed E-state index contributed by atoms with van der Waals surface area (Å²) in [6, 6.07) is 2.64. The molecule has 0 saturated carbocycles. The Bertz CT molecular complexity index is 59.9. The van der Waals surface area contributed by atoms with Crippen LogP contribution in [0.15, 0.2) is 12.2 Å². The molecule has 0 atom stereocenters. The Morgan fingerprint density at radius 1 is 1.33 bits per heavy atom. The van der Waals surface area contributed by atoms with Gasteiger partial charge in [-0.05, 0) is 12.1 Å². The summed E-state index contributed by atoms with van der Waals surface area (Å²) in [5, 5.41) is 0. The molecule has 0 aliphatic carbocycles. The van der Waals surface area contributed by atoms with Crippen LogP contribution in [0.5, 0.6) is 0 Å². The second-order valence-electron chi connectivity index (χ2n) is 1.48. The second kappa shape index (κ2) is 1.75. The van der Waals surface area contributed by atoms with E-state index in [-0.39, 0.29) is 8.31 Å². The predicted octanol–water partition coefficient (Wildman–Crippen LogP) is 0.716. The Balaban J connectivity index is 2.32. The fraction of sp³-hybridized carbons (Fsp3) is 0.500. The molecule has 0 N–H and O–H groups in total. The second-order valence-corrected chi connectivity index (χ2v) is 5.63. The van der Waals surface area contributed by atoms with E-state index < -0.39 is 0 Å². The maximum absolute atomic E-state index is 3.62. The van der Waals surface area contributed by atoms with Crippen molar-refractivity contribution in [1.29, 1.82) is 0 Å². The van der Waals surface area contributed by atoms with Crippen molar-refractivity contribution in [3.8, 4) is 0 Å². The number of hydrogen-bond acceptors (Lipinski definition) is 0. The molecule has 0 aromatic rings. The van der Waals surface area contributed by atoms with Gasteiger partial charge in [-0.15, -0.1) is 0 Å². The highest BCUT2D eigenvalue weighted by Gasteiger charge is 2.02. The molecule has 0 aromatic heterocycles. The summed E-state index contributed by atoms with van der Waals surface area (Å²) in [5.74, 6) is 0. The van der Waals surface area contributed by atoms with Crippen LogP contribution in [-0.2, 0) is 0 Å². The lowest BCUT2D eigenvalue weighted by atomic mass is 10.6. The summed E-state index contributed by atoms with van der Waals surface area (Å²) in [6.45, 7) is 0. The highest BCUT2D eigenvalue weighted by atomic mass is 29.1. The van der Waals surface area contributed by atoms with Crippen LogP contribution in [0.3, 0.4) is 0 Å². The average molecular weight is 110 g/mol. The van der Waals surface area contributed by atoms with Crippen molar-refractivity contribution in [1.82, 2.24) is 0 Å². The Morgan fingerprint density at radius 2 is 1.83 bits per heavy atom. The van der Waals surface area contributed by atoms with Gasteiger partial charge in [0.05, 0.1) is 0 Å². The normalized spacial score (nSPS) is 22.8. The van der Waals surface area contributed by atoms with Gasteiger partial charge in [-0.1, -0.05) is 12.2 Å². The van der Waals surface area contributed by atoms with E-state index in [0.29, 0.717) is 0 Å². The highest BCUT2D eigenvalue weighted by Crippen LogP contribution is 2.05. The molecular formula is C4H6Si2. The maximum Gasteiger partial charge on any atom is 0.0384 e. The zero-order chi connectivity index (χ0) is 4.41. The first kappa shape index (κ1) is 4.34. The van der Waals surface area contributed by atoms with E-state index in [2.05, 4.69) is 21.9 Å². The van der Waals surface area contributed by atoms with Gasteiger partial charge >= 0.3 is 0 Å². The highest BCUT2D eigenvalue weighted by molar-refractivity contribution is 7.04. The SMILES string of the molecule is [Si][Si]1CC=CC1. The first-order valence-corrected chi connectivity index (χ1v) is 5.52. The van der Waals surface area contributed by atoms with Crippen LogP contribution in [0, 0.1) is 0 Å². The van der Waals surface area contributed by atoms with E-state index in [1.165, 1.54) is 12.1 Å². The van der Waals surface area contributed by atoms with Crippen molar-refractivity contribution in [2.24, 2.45) is 0 Å². The fourth-order valence-electron chi connectivity index (χ4n) is 0.535. The van der Waals surface area contributed by atoms with Crippen LogP contribution in [0.25, 0.3) is 0 Å². The summed E-state index contributed by atoms with van der Waals surface area (Å²) < 4.78 is 0. The molecule has 1 aliphatic heterocycles. The van der Waals surface area contributed by atoms with Gasteiger partial charge in [-0.2, -0.15) is 0 Å². The van der Waals surface area contributed by atoms with Crippen LogP contribution < -0.4 is 0 Å². The van der Waals surface area contributed by atoms with E-state index in [0.717, 1.165) is 0 Å². The van der Waals surface area contributed by atoms with Crippen molar-refractivity contribution >= 4 is 18.1 Å². The Morgan fingerprint density at radius 3 is 2.00 bits per heavy atom. The van der Waals surface area contributed by atoms with Gasteiger partial charge in [-0.25, -0.2) is 0 Å². The van der Waals surface area contributed by atoms with Crippen molar-refractivity contribution in [3.05, 3.63) is 12.2 Å². The van der Waals surface area contributed by atoms with Crippen LogP contribution >= 0.6 is 0 Å². The minimum atomic E-state index is -0.0628. The molecule has 0 spiro atoms. The minimum Gasteiger partial charge on any atom is -0.0919 e. The molecule has 0 amide bonds. The molecular weight excluding hydrogens is 104 g/mol. The van der Waals surface area contributed by atoms with Crippen molar-refractivity contribution in [3.63, 3.8) is 0 Å². The molecule has 0 nitrogen and oxygen atoms in total. The van der Waals surface area contributed by atoms with E-state index in [4.69, 9.17) is 0 Å².